The predicted molar refractivity (Wildman–Crippen MR) is 57.7 cm³/mol. The fourth-order valence-electron chi connectivity index (χ4n) is 1.49. The first-order chi connectivity index (χ1) is 7.04. The molecule has 0 saturated heterocycles. The average Bonchev–Trinajstić information content (AvgIpc) is 2.17. The molecule has 1 N–H and O–H groups in total. The second-order valence-corrected chi connectivity index (χ2v) is 3.86. The second-order valence-electron chi connectivity index (χ2n) is 3.86. The molecule has 3 heteroatoms. The minimum Gasteiger partial charge on any atom is -0.308 e. The van der Waals surface area contributed by atoms with Crippen LogP contribution in [0.2, 0.25) is 0 Å². The lowest BCUT2D eigenvalue weighted by molar-refractivity contribution is 0.452. The summed E-state index contributed by atoms with van der Waals surface area (Å²) in [4.78, 5) is 0. The van der Waals surface area contributed by atoms with E-state index >= 15 is 0 Å². The third-order valence-electron chi connectivity index (χ3n) is 2.58. The normalized spacial score (nSPS) is 15.0. The standard InChI is InChI=1S/C12H17F2N/c1-4-8(2)15-9(3)11-6-5-10(13)7-12(11)14/h5-9,15H,4H2,1-3H3/t8-,9+/m0/s1. The number of hydrogen-bond donors (Lipinski definition) is 1. The quantitative estimate of drug-likeness (QED) is 0.808. The Labute approximate surface area is 89.5 Å². The van der Waals surface area contributed by atoms with E-state index < -0.39 is 11.6 Å². The molecule has 2 atom stereocenters. The van der Waals surface area contributed by atoms with E-state index in [4.69, 9.17) is 0 Å². The molecule has 0 radical (unpaired) electrons. The van der Waals surface area contributed by atoms with Crippen LogP contribution >= 0.6 is 0 Å². The third-order valence-corrected chi connectivity index (χ3v) is 2.58. The van der Waals surface area contributed by atoms with E-state index in [1.54, 1.807) is 0 Å². The Kier molecular flexibility index (Phi) is 4.21. The Hall–Kier alpha value is -0.960. The summed E-state index contributed by atoms with van der Waals surface area (Å²) in [7, 11) is 0. The number of rotatable bonds is 4. The highest BCUT2D eigenvalue weighted by atomic mass is 19.1. The topological polar surface area (TPSA) is 12.0 Å². The monoisotopic (exact) mass is 213 g/mol. The van der Waals surface area contributed by atoms with Crippen LogP contribution in [0.5, 0.6) is 0 Å². The van der Waals surface area contributed by atoms with Gasteiger partial charge in [0.15, 0.2) is 0 Å². The average molecular weight is 213 g/mol. The summed E-state index contributed by atoms with van der Waals surface area (Å²) in [5.74, 6) is -1.02. The summed E-state index contributed by atoms with van der Waals surface area (Å²) in [6, 6.07) is 3.92. The third kappa shape index (κ3) is 3.27. The first-order valence-electron chi connectivity index (χ1n) is 5.25. The van der Waals surface area contributed by atoms with E-state index in [1.807, 2.05) is 13.8 Å². The molecule has 0 aliphatic carbocycles. The molecule has 1 aromatic rings. The van der Waals surface area contributed by atoms with Gasteiger partial charge in [-0.3, -0.25) is 0 Å². The minimum absolute atomic E-state index is 0.0967. The zero-order chi connectivity index (χ0) is 11.4. The van der Waals surface area contributed by atoms with Crippen molar-refractivity contribution in [1.82, 2.24) is 5.32 Å². The maximum Gasteiger partial charge on any atom is 0.130 e. The highest BCUT2D eigenvalue weighted by molar-refractivity contribution is 5.21. The molecule has 0 aromatic heterocycles. The highest BCUT2D eigenvalue weighted by Gasteiger charge is 2.12. The van der Waals surface area contributed by atoms with E-state index in [0.717, 1.165) is 12.5 Å². The molecule has 0 heterocycles. The van der Waals surface area contributed by atoms with Crippen molar-refractivity contribution in [2.45, 2.75) is 39.3 Å². The summed E-state index contributed by atoms with van der Waals surface area (Å²) < 4.78 is 26.1. The molecule has 15 heavy (non-hydrogen) atoms. The Bertz CT molecular complexity index is 325. The smallest absolute Gasteiger partial charge is 0.130 e. The molecule has 0 aliphatic rings. The lowest BCUT2D eigenvalue weighted by Gasteiger charge is -2.19. The van der Waals surface area contributed by atoms with Gasteiger partial charge in [-0.05, 0) is 26.3 Å². The molecule has 0 spiro atoms. The van der Waals surface area contributed by atoms with Crippen molar-refractivity contribution in [3.63, 3.8) is 0 Å². The molecule has 1 rings (SSSR count). The van der Waals surface area contributed by atoms with Gasteiger partial charge in [0.05, 0.1) is 0 Å². The second kappa shape index (κ2) is 5.21. The van der Waals surface area contributed by atoms with Crippen molar-refractivity contribution >= 4 is 0 Å². The van der Waals surface area contributed by atoms with Crippen LogP contribution in [0.1, 0.15) is 38.8 Å². The number of nitrogens with one attached hydrogen (secondary N) is 1. The van der Waals surface area contributed by atoms with Gasteiger partial charge in [-0.2, -0.15) is 0 Å². The van der Waals surface area contributed by atoms with Gasteiger partial charge >= 0.3 is 0 Å². The first-order valence-corrected chi connectivity index (χ1v) is 5.25. The van der Waals surface area contributed by atoms with E-state index in [0.29, 0.717) is 11.6 Å². The van der Waals surface area contributed by atoms with Crippen LogP contribution in [0.4, 0.5) is 8.78 Å². The molecule has 0 amide bonds. The summed E-state index contributed by atoms with van der Waals surface area (Å²) >= 11 is 0. The zero-order valence-corrected chi connectivity index (χ0v) is 9.35. The summed E-state index contributed by atoms with van der Waals surface area (Å²) in [5, 5.41) is 3.24. The van der Waals surface area contributed by atoms with Crippen LogP contribution in [0.25, 0.3) is 0 Å². The fraction of sp³-hybridized carbons (Fsp3) is 0.500. The SMILES string of the molecule is CC[C@H](C)N[C@H](C)c1ccc(F)cc1F. The van der Waals surface area contributed by atoms with Gasteiger partial charge in [0.1, 0.15) is 11.6 Å². The maximum absolute atomic E-state index is 13.4. The van der Waals surface area contributed by atoms with E-state index in [9.17, 15) is 8.78 Å². The van der Waals surface area contributed by atoms with Crippen molar-refractivity contribution in [3.05, 3.63) is 35.4 Å². The van der Waals surface area contributed by atoms with Gasteiger partial charge in [-0.25, -0.2) is 8.78 Å². The summed E-state index contributed by atoms with van der Waals surface area (Å²) in [6.45, 7) is 5.98. The Balaban J connectivity index is 2.77. The van der Waals surface area contributed by atoms with Crippen LogP contribution in [0, 0.1) is 11.6 Å². The molecular weight excluding hydrogens is 196 g/mol. The van der Waals surface area contributed by atoms with Gasteiger partial charge in [0.2, 0.25) is 0 Å². The Morgan fingerprint density at radius 2 is 1.93 bits per heavy atom. The molecule has 1 aromatic carbocycles. The van der Waals surface area contributed by atoms with Crippen molar-refractivity contribution < 1.29 is 8.78 Å². The van der Waals surface area contributed by atoms with Crippen molar-refractivity contribution in [2.75, 3.05) is 0 Å². The number of halogens is 2. The van der Waals surface area contributed by atoms with Gasteiger partial charge in [-0.15, -0.1) is 0 Å². The molecule has 84 valence electrons. The first kappa shape index (κ1) is 12.1. The molecule has 0 fully saturated rings. The molecule has 0 unspecified atom stereocenters. The zero-order valence-electron chi connectivity index (χ0n) is 9.35. The summed E-state index contributed by atoms with van der Waals surface area (Å²) in [6.07, 6.45) is 0.979. The lowest BCUT2D eigenvalue weighted by atomic mass is 10.1. The van der Waals surface area contributed by atoms with Gasteiger partial charge in [0, 0.05) is 23.7 Å². The van der Waals surface area contributed by atoms with Gasteiger partial charge in [-0.1, -0.05) is 13.0 Å². The van der Waals surface area contributed by atoms with Crippen LogP contribution in [0.3, 0.4) is 0 Å². The molecule has 0 aliphatic heterocycles. The predicted octanol–water partition coefficient (Wildman–Crippen LogP) is 3.41. The minimum atomic E-state index is -0.535. The Morgan fingerprint density at radius 3 is 2.47 bits per heavy atom. The molecule has 0 bridgehead atoms. The number of benzene rings is 1. The van der Waals surface area contributed by atoms with Crippen molar-refractivity contribution in [2.24, 2.45) is 0 Å². The molecule has 0 saturated carbocycles. The van der Waals surface area contributed by atoms with E-state index in [1.165, 1.54) is 12.1 Å². The van der Waals surface area contributed by atoms with E-state index in [2.05, 4.69) is 12.2 Å². The molecular formula is C12H17F2N. The Morgan fingerprint density at radius 1 is 1.27 bits per heavy atom. The van der Waals surface area contributed by atoms with Gasteiger partial charge in [0.25, 0.3) is 0 Å². The summed E-state index contributed by atoms with van der Waals surface area (Å²) in [5.41, 5.74) is 0.511. The van der Waals surface area contributed by atoms with Gasteiger partial charge < -0.3 is 5.32 Å². The van der Waals surface area contributed by atoms with Crippen molar-refractivity contribution in [1.29, 1.82) is 0 Å². The van der Waals surface area contributed by atoms with E-state index in [-0.39, 0.29) is 6.04 Å². The lowest BCUT2D eigenvalue weighted by Crippen LogP contribution is -2.28. The van der Waals surface area contributed by atoms with Crippen LogP contribution in [-0.4, -0.2) is 6.04 Å². The van der Waals surface area contributed by atoms with Crippen LogP contribution in [-0.2, 0) is 0 Å². The highest BCUT2D eigenvalue weighted by Crippen LogP contribution is 2.18. The van der Waals surface area contributed by atoms with Crippen LogP contribution in [0.15, 0.2) is 18.2 Å². The largest absolute Gasteiger partial charge is 0.308 e. The van der Waals surface area contributed by atoms with Crippen LogP contribution < -0.4 is 5.32 Å². The van der Waals surface area contributed by atoms with Crippen molar-refractivity contribution in [3.8, 4) is 0 Å². The molecule has 1 nitrogen and oxygen atoms in total. The maximum atomic E-state index is 13.4. The fourth-order valence-corrected chi connectivity index (χ4v) is 1.49. The number of hydrogen-bond acceptors (Lipinski definition) is 1.